The molecule has 0 spiro atoms. The predicted octanol–water partition coefficient (Wildman–Crippen LogP) is 1.74. The van der Waals surface area contributed by atoms with Gasteiger partial charge in [0.2, 0.25) is 0 Å². The third kappa shape index (κ3) is 7.28. The van der Waals surface area contributed by atoms with Gasteiger partial charge in [0.1, 0.15) is 0 Å². The van der Waals surface area contributed by atoms with Gasteiger partial charge in [0.05, 0.1) is 23.4 Å². The van der Waals surface area contributed by atoms with Crippen molar-refractivity contribution in [1.82, 2.24) is 15.6 Å². The Morgan fingerprint density at radius 3 is 3.04 bits per heavy atom. The normalized spacial score (nSPS) is 18.3. The van der Waals surface area contributed by atoms with Gasteiger partial charge in [-0.05, 0) is 26.2 Å². The molecule has 1 saturated heterocycles. The molecule has 2 N–H and O–H groups in total. The van der Waals surface area contributed by atoms with Crippen LogP contribution in [0.1, 0.15) is 30.0 Å². The van der Waals surface area contributed by atoms with Crippen molar-refractivity contribution >= 4 is 17.3 Å². The fourth-order valence-corrected chi connectivity index (χ4v) is 3.07. The molecule has 0 amide bonds. The molecule has 130 valence electrons. The standard InChI is InChI=1S/C16H28N4O2S/c1-13-20-14(12-23-13)6-8-19-16(17-2)18-7-4-9-21-11-15-5-3-10-22-15/h12,15H,3-11H2,1-2H3,(H2,17,18,19). The van der Waals surface area contributed by atoms with Crippen molar-refractivity contribution in [1.29, 1.82) is 0 Å². The van der Waals surface area contributed by atoms with Crippen molar-refractivity contribution in [3.8, 4) is 0 Å². The topological polar surface area (TPSA) is 67.8 Å². The van der Waals surface area contributed by atoms with Gasteiger partial charge in [-0.1, -0.05) is 0 Å². The molecule has 2 heterocycles. The number of nitrogens with zero attached hydrogens (tertiary/aromatic N) is 2. The molecule has 1 aromatic heterocycles. The van der Waals surface area contributed by atoms with E-state index in [-0.39, 0.29) is 0 Å². The number of hydrogen-bond acceptors (Lipinski definition) is 5. The molecular formula is C16H28N4O2S. The molecule has 2 rings (SSSR count). The summed E-state index contributed by atoms with van der Waals surface area (Å²) < 4.78 is 11.2. The van der Waals surface area contributed by atoms with Crippen LogP contribution in [0.5, 0.6) is 0 Å². The Hall–Kier alpha value is -1.18. The molecule has 0 aromatic carbocycles. The monoisotopic (exact) mass is 340 g/mol. The molecule has 1 aromatic rings. The quantitative estimate of drug-likeness (QED) is 0.407. The fourth-order valence-electron chi connectivity index (χ4n) is 2.42. The number of aryl methyl sites for hydroxylation is 1. The highest BCUT2D eigenvalue weighted by Gasteiger charge is 2.14. The highest BCUT2D eigenvalue weighted by atomic mass is 32.1. The smallest absolute Gasteiger partial charge is 0.190 e. The summed E-state index contributed by atoms with van der Waals surface area (Å²) in [5, 5.41) is 9.83. The van der Waals surface area contributed by atoms with Gasteiger partial charge in [-0.15, -0.1) is 11.3 Å². The first-order valence-electron chi connectivity index (χ1n) is 8.33. The van der Waals surface area contributed by atoms with E-state index < -0.39 is 0 Å². The Labute approximate surface area is 142 Å². The third-order valence-corrected chi connectivity index (χ3v) is 4.47. The Kier molecular flexibility index (Phi) is 8.35. The van der Waals surface area contributed by atoms with Gasteiger partial charge in [-0.25, -0.2) is 4.98 Å². The average Bonchev–Trinajstić information content (AvgIpc) is 3.20. The lowest BCUT2D eigenvalue weighted by Crippen LogP contribution is -2.39. The van der Waals surface area contributed by atoms with Crippen molar-refractivity contribution in [2.45, 2.75) is 38.7 Å². The van der Waals surface area contributed by atoms with Crippen LogP contribution >= 0.6 is 11.3 Å². The summed E-state index contributed by atoms with van der Waals surface area (Å²) in [7, 11) is 1.79. The number of aromatic nitrogens is 1. The SMILES string of the molecule is CN=C(NCCCOCC1CCCO1)NCCc1csc(C)n1. The molecule has 1 atom stereocenters. The number of guanidine groups is 1. The van der Waals surface area contributed by atoms with E-state index in [0.29, 0.717) is 6.10 Å². The van der Waals surface area contributed by atoms with Crippen LogP contribution in [0.4, 0.5) is 0 Å². The molecule has 0 aliphatic carbocycles. The first kappa shape index (κ1) is 18.2. The number of nitrogens with one attached hydrogen (secondary N) is 2. The van der Waals surface area contributed by atoms with Gasteiger partial charge >= 0.3 is 0 Å². The van der Waals surface area contributed by atoms with Crippen LogP contribution < -0.4 is 10.6 Å². The molecule has 0 radical (unpaired) electrons. The van der Waals surface area contributed by atoms with Gasteiger partial charge < -0.3 is 20.1 Å². The Bertz CT molecular complexity index is 472. The number of aliphatic imine (C=N–C) groups is 1. The van der Waals surface area contributed by atoms with E-state index in [9.17, 15) is 0 Å². The number of thiazole rings is 1. The van der Waals surface area contributed by atoms with E-state index in [2.05, 4.69) is 26.0 Å². The lowest BCUT2D eigenvalue weighted by Gasteiger charge is -2.12. The van der Waals surface area contributed by atoms with Gasteiger partial charge in [0, 0.05) is 45.2 Å². The zero-order valence-corrected chi connectivity index (χ0v) is 15.0. The number of rotatable bonds is 9. The molecule has 0 saturated carbocycles. The van der Waals surface area contributed by atoms with Gasteiger partial charge in [0.15, 0.2) is 5.96 Å². The summed E-state index contributed by atoms with van der Waals surface area (Å²) in [5.41, 5.74) is 1.14. The highest BCUT2D eigenvalue weighted by Crippen LogP contribution is 2.11. The molecule has 1 unspecified atom stereocenters. The van der Waals surface area contributed by atoms with E-state index in [0.717, 1.165) is 75.3 Å². The van der Waals surface area contributed by atoms with Crippen molar-refractivity contribution in [2.75, 3.05) is 40.0 Å². The van der Waals surface area contributed by atoms with Crippen molar-refractivity contribution < 1.29 is 9.47 Å². The second-order valence-electron chi connectivity index (χ2n) is 5.60. The van der Waals surface area contributed by atoms with Crippen LogP contribution in [0.3, 0.4) is 0 Å². The highest BCUT2D eigenvalue weighted by molar-refractivity contribution is 7.09. The minimum absolute atomic E-state index is 0.312. The molecule has 7 heteroatoms. The minimum atomic E-state index is 0.312. The summed E-state index contributed by atoms with van der Waals surface area (Å²) in [6.07, 6.45) is 4.48. The van der Waals surface area contributed by atoms with Gasteiger partial charge in [-0.3, -0.25) is 4.99 Å². The van der Waals surface area contributed by atoms with Crippen LogP contribution in [0.25, 0.3) is 0 Å². The summed E-state index contributed by atoms with van der Waals surface area (Å²) >= 11 is 1.69. The zero-order chi connectivity index (χ0) is 16.3. The second-order valence-corrected chi connectivity index (χ2v) is 6.66. The maximum Gasteiger partial charge on any atom is 0.190 e. The molecule has 1 aliphatic heterocycles. The Balaban J connectivity index is 1.47. The molecule has 1 aliphatic rings. The fraction of sp³-hybridized carbons (Fsp3) is 0.750. The van der Waals surface area contributed by atoms with Crippen molar-refractivity contribution in [2.24, 2.45) is 4.99 Å². The first-order chi connectivity index (χ1) is 11.3. The summed E-state index contributed by atoms with van der Waals surface area (Å²) in [6, 6.07) is 0. The van der Waals surface area contributed by atoms with E-state index in [1.807, 2.05) is 6.92 Å². The van der Waals surface area contributed by atoms with Crippen LogP contribution in [-0.4, -0.2) is 57.0 Å². The summed E-state index contributed by atoms with van der Waals surface area (Å²) in [4.78, 5) is 8.67. The zero-order valence-electron chi connectivity index (χ0n) is 14.1. The Morgan fingerprint density at radius 1 is 1.48 bits per heavy atom. The van der Waals surface area contributed by atoms with E-state index in [1.54, 1.807) is 18.4 Å². The van der Waals surface area contributed by atoms with E-state index in [1.165, 1.54) is 0 Å². The summed E-state index contributed by atoms with van der Waals surface area (Å²) in [6.45, 7) is 6.07. The minimum Gasteiger partial charge on any atom is -0.379 e. The molecule has 1 fully saturated rings. The average molecular weight is 340 g/mol. The third-order valence-electron chi connectivity index (χ3n) is 3.65. The maximum absolute atomic E-state index is 5.64. The second kappa shape index (κ2) is 10.6. The molecule has 0 bridgehead atoms. The van der Waals surface area contributed by atoms with Gasteiger partial charge in [0.25, 0.3) is 0 Å². The Morgan fingerprint density at radius 2 is 2.35 bits per heavy atom. The van der Waals surface area contributed by atoms with Crippen LogP contribution in [0.2, 0.25) is 0 Å². The predicted molar refractivity (Wildman–Crippen MR) is 94.3 cm³/mol. The number of hydrogen-bond donors (Lipinski definition) is 2. The summed E-state index contributed by atoms with van der Waals surface area (Å²) in [5.74, 6) is 0.830. The molecule has 6 nitrogen and oxygen atoms in total. The first-order valence-corrected chi connectivity index (χ1v) is 9.21. The lowest BCUT2D eigenvalue weighted by atomic mass is 10.2. The van der Waals surface area contributed by atoms with E-state index in [4.69, 9.17) is 9.47 Å². The van der Waals surface area contributed by atoms with Crippen molar-refractivity contribution in [3.05, 3.63) is 16.1 Å². The maximum atomic E-state index is 5.64. The molecule has 23 heavy (non-hydrogen) atoms. The van der Waals surface area contributed by atoms with E-state index >= 15 is 0 Å². The number of ether oxygens (including phenoxy) is 2. The van der Waals surface area contributed by atoms with Crippen molar-refractivity contribution in [3.63, 3.8) is 0 Å². The molecular weight excluding hydrogens is 312 g/mol. The largest absolute Gasteiger partial charge is 0.379 e. The van der Waals surface area contributed by atoms with Crippen LogP contribution in [0.15, 0.2) is 10.4 Å². The van der Waals surface area contributed by atoms with Crippen LogP contribution in [-0.2, 0) is 15.9 Å². The van der Waals surface area contributed by atoms with Crippen LogP contribution in [0, 0.1) is 6.92 Å². The van der Waals surface area contributed by atoms with Gasteiger partial charge in [-0.2, -0.15) is 0 Å². The lowest BCUT2D eigenvalue weighted by molar-refractivity contribution is 0.0168.